The topological polar surface area (TPSA) is 68.6 Å². The van der Waals surface area contributed by atoms with E-state index in [0.717, 1.165) is 30.0 Å². The number of alkyl halides is 3. The van der Waals surface area contributed by atoms with Crippen molar-refractivity contribution in [3.8, 4) is 11.1 Å². The minimum Gasteiger partial charge on any atom is -0.382 e. The summed E-state index contributed by atoms with van der Waals surface area (Å²) >= 11 is 1.05. The molecule has 0 amide bonds. The molecule has 1 fully saturated rings. The molecule has 204 valence electrons. The van der Waals surface area contributed by atoms with Crippen LogP contribution in [0.2, 0.25) is 0 Å². The van der Waals surface area contributed by atoms with Crippen molar-refractivity contribution in [3.05, 3.63) is 51.9 Å². The Morgan fingerprint density at radius 3 is 2.61 bits per heavy atom. The Morgan fingerprint density at radius 2 is 1.92 bits per heavy atom. The third-order valence-corrected chi connectivity index (χ3v) is 7.79. The largest absolute Gasteiger partial charge is 0.417 e. The van der Waals surface area contributed by atoms with Gasteiger partial charge in [0.05, 0.1) is 36.9 Å². The summed E-state index contributed by atoms with van der Waals surface area (Å²) in [4.78, 5) is 19.4. The van der Waals surface area contributed by atoms with Gasteiger partial charge >= 0.3 is 11.9 Å². The van der Waals surface area contributed by atoms with Crippen LogP contribution in [0.15, 0.2) is 34.0 Å². The molecule has 0 radical (unpaired) electrons. The lowest BCUT2D eigenvalue weighted by Gasteiger charge is -2.30. The Bertz CT molecular complexity index is 1410. The van der Waals surface area contributed by atoms with Gasteiger partial charge in [-0.1, -0.05) is 0 Å². The molecule has 1 atom stereocenters. The molecule has 0 unspecified atom stereocenters. The summed E-state index contributed by atoms with van der Waals surface area (Å²) in [5.41, 5.74) is -2.33. The Kier molecular flexibility index (Phi) is 7.63. The lowest BCUT2D eigenvalue weighted by atomic mass is 9.95. The predicted molar refractivity (Wildman–Crippen MR) is 134 cm³/mol. The molecule has 7 nitrogen and oxygen atoms in total. The van der Waals surface area contributed by atoms with Gasteiger partial charge in [-0.25, -0.2) is 13.6 Å². The molecule has 0 spiro atoms. The number of hydrogen-bond donors (Lipinski definition) is 1. The predicted octanol–water partition coefficient (Wildman–Crippen LogP) is 3.91. The number of halogens is 5. The molecule has 5 rings (SSSR count). The van der Waals surface area contributed by atoms with Crippen molar-refractivity contribution < 1.29 is 31.4 Å². The second-order valence-corrected chi connectivity index (χ2v) is 10.0. The van der Waals surface area contributed by atoms with Gasteiger partial charge in [-0.15, -0.1) is 11.8 Å². The smallest absolute Gasteiger partial charge is 0.382 e. The van der Waals surface area contributed by atoms with Gasteiger partial charge < -0.3 is 19.7 Å². The molecule has 0 aliphatic carbocycles. The molecule has 1 saturated heterocycles. The van der Waals surface area contributed by atoms with Crippen LogP contribution in [0.4, 0.5) is 27.8 Å². The van der Waals surface area contributed by atoms with Crippen molar-refractivity contribution in [2.75, 3.05) is 57.2 Å². The van der Waals surface area contributed by atoms with Crippen molar-refractivity contribution in [2.24, 2.45) is 0 Å². The van der Waals surface area contributed by atoms with E-state index in [1.165, 1.54) is 11.7 Å². The molecule has 0 bridgehead atoms. The minimum absolute atomic E-state index is 0.0462. The summed E-state index contributed by atoms with van der Waals surface area (Å²) in [7, 11) is 1.51. The van der Waals surface area contributed by atoms with Crippen LogP contribution >= 0.6 is 11.8 Å². The maximum absolute atomic E-state index is 15.0. The summed E-state index contributed by atoms with van der Waals surface area (Å²) < 4.78 is 84.7. The van der Waals surface area contributed by atoms with Crippen LogP contribution in [0.5, 0.6) is 0 Å². The summed E-state index contributed by atoms with van der Waals surface area (Å²) in [5, 5.41) is 3.32. The van der Waals surface area contributed by atoms with Crippen LogP contribution in [0.1, 0.15) is 5.56 Å². The quantitative estimate of drug-likeness (QED) is 0.365. The molecule has 3 aromatic rings. The van der Waals surface area contributed by atoms with Gasteiger partial charge in [0.2, 0.25) is 0 Å². The summed E-state index contributed by atoms with van der Waals surface area (Å²) in [6, 6.07) is 3.40. The van der Waals surface area contributed by atoms with E-state index < -0.39 is 46.3 Å². The zero-order chi connectivity index (χ0) is 27.0. The highest BCUT2D eigenvalue weighted by Crippen LogP contribution is 2.48. The second kappa shape index (κ2) is 10.8. The Balaban J connectivity index is 1.83. The van der Waals surface area contributed by atoms with Crippen LogP contribution < -0.4 is 15.9 Å². The molecular weight excluding hydrogens is 531 g/mol. The first kappa shape index (κ1) is 26.9. The number of anilines is 1. The average Bonchev–Trinajstić information content (AvgIpc) is 3.07. The first-order chi connectivity index (χ1) is 18.2. The van der Waals surface area contributed by atoms with E-state index in [-0.39, 0.29) is 40.5 Å². The van der Waals surface area contributed by atoms with Gasteiger partial charge in [-0.2, -0.15) is 18.2 Å². The van der Waals surface area contributed by atoms with Gasteiger partial charge in [0.25, 0.3) is 0 Å². The molecular formula is C25H25F5N4O3S. The molecule has 3 heterocycles. The number of ether oxygens (including phenoxy) is 2. The number of nitrogens with one attached hydrogen (secondary N) is 1. The highest BCUT2D eigenvalue weighted by Gasteiger charge is 2.39. The number of aromatic nitrogens is 2. The summed E-state index contributed by atoms with van der Waals surface area (Å²) in [6.07, 6.45) is -5.42. The van der Waals surface area contributed by atoms with E-state index in [0.29, 0.717) is 38.9 Å². The standard InChI is InChI=1S/C25H25F5N4O3S/c1-36-8-9-37-15-12-34-21-17(23(32-24(34)35)33-6-4-31-5-7-33)11-18(25(28,29)30)20(22(21)38-13-15)16-3-2-14(26)10-19(16)27/h2-3,10-11,15,31H,4-9,12-13H2,1H3/t15-/m0/s1. The monoisotopic (exact) mass is 556 g/mol. The summed E-state index contributed by atoms with van der Waals surface area (Å²) in [6.45, 7) is 2.62. The van der Waals surface area contributed by atoms with Gasteiger partial charge in [-0.05, 0) is 18.2 Å². The lowest BCUT2D eigenvalue weighted by molar-refractivity contribution is -0.137. The fraction of sp³-hybridized carbons (Fsp3) is 0.440. The van der Waals surface area contributed by atoms with Gasteiger partial charge in [0, 0.05) is 66.5 Å². The van der Waals surface area contributed by atoms with Gasteiger partial charge in [0.1, 0.15) is 17.5 Å². The number of nitrogens with zero attached hydrogens (tertiary/aromatic N) is 3. The first-order valence-electron chi connectivity index (χ1n) is 12.0. The molecule has 2 aliphatic rings. The maximum Gasteiger partial charge on any atom is 0.417 e. The molecule has 38 heavy (non-hydrogen) atoms. The normalized spacial score (nSPS) is 18.2. The highest BCUT2D eigenvalue weighted by molar-refractivity contribution is 7.99. The molecule has 2 aromatic carbocycles. The molecule has 13 heteroatoms. The van der Waals surface area contributed by atoms with Crippen molar-refractivity contribution in [3.63, 3.8) is 0 Å². The zero-order valence-electron chi connectivity index (χ0n) is 20.4. The van der Waals surface area contributed by atoms with Crippen LogP contribution in [0.25, 0.3) is 22.0 Å². The van der Waals surface area contributed by atoms with Crippen LogP contribution in [-0.4, -0.2) is 67.9 Å². The zero-order valence-corrected chi connectivity index (χ0v) is 21.2. The third-order valence-electron chi connectivity index (χ3n) is 6.56. The Labute approximate surface area is 218 Å². The fourth-order valence-corrected chi connectivity index (χ4v) is 6.11. The number of piperazine rings is 1. The minimum atomic E-state index is -4.87. The fourth-order valence-electron chi connectivity index (χ4n) is 4.84. The maximum atomic E-state index is 15.0. The average molecular weight is 557 g/mol. The van der Waals surface area contributed by atoms with E-state index in [9.17, 15) is 22.4 Å². The van der Waals surface area contributed by atoms with Gasteiger partial charge in [0.15, 0.2) is 0 Å². The number of thioether (sulfide) groups is 1. The van der Waals surface area contributed by atoms with E-state index >= 15 is 4.39 Å². The van der Waals surface area contributed by atoms with Crippen LogP contribution in [-0.2, 0) is 22.2 Å². The van der Waals surface area contributed by atoms with E-state index in [2.05, 4.69) is 10.3 Å². The molecule has 0 saturated carbocycles. The summed E-state index contributed by atoms with van der Waals surface area (Å²) in [5.74, 6) is -1.69. The van der Waals surface area contributed by atoms with E-state index in [4.69, 9.17) is 9.47 Å². The number of benzene rings is 2. The van der Waals surface area contributed by atoms with Crippen molar-refractivity contribution >= 4 is 28.5 Å². The molecule has 1 aromatic heterocycles. The van der Waals surface area contributed by atoms with E-state index in [1.54, 1.807) is 4.90 Å². The lowest BCUT2D eigenvalue weighted by Crippen LogP contribution is -2.45. The van der Waals surface area contributed by atoms with Gasteiger partial charge in [-0.3, -0.25) is 4.57 Å². The van der Waals surface area contributed by atoms with E-state index in [1.807, 2.05) is 0 Å². The van der Waals surface area contributed by atoms with Crippen LogP contribution in [0.3, 0.4) is 0 Å². The first-order valence-corrected chi connectivity index (χ1v) is 13.0. The van der Waals surface area contributed by atoms with Crippen LogP contribution in [0, 0.1) is 11.6 Å². The number of methoxy groups -OCH3 is 1. The van der Waals surface area contributed by atoms with Crippen molar-refractivity contribution in [1.82, 2.24) is 14.9 Å². The highest BCUT2D eigenvalue weighted by atomic mass is 32.2. The third kappa shape index (κ3) is 5.12. The molecule has 1 N–H and O–H groups in total. The van der Waals surface area contributed by atoms with Crippen molar-refractivity contribution in [2.45, 2.75) is 23.7 Å². The van der Waals surface area contributed by atoms with Crippen molar-refractivity contribution in [1.29, 1.82) is 0 Å². The Morgan fingerprint density at radius 1 is 1.16 bits per heavy atom. The molecule has 2 aliphatic heterocycles. The number of rotatable bonds is 6. The second-order valence-electron chi connectivity index (χ2n) is 9.01. The Hall–Kier alpha value is -2.74. The SMILES string of the molecule is COCCO[C@@H]1CSc2c(-c3ccc(F)cc3F)c(C(F)(F)F)cc3c(N4CCNCC4)nc(=O)n(c23)C1. The number of hydrogen-bond acceptors (Lipinski definition) is 7.